The van der Waals surface area contributed by atoms with E-state index in [1.807, 2.05) is 26.0 Å². The summed E-state index contributed by atoms with van der Waals surface area (Å²) in [5.41, 5.74) is 1.70. The van der Waals surface area contributed by atoms with Crippen molar-refractivity contribution >= 4 is 17.7 Å². The molecule has 2 aliphatic rings. The van der Waals surface area contributed by atoms with E-state index in [4.69, 9.17) is 14.2 Å². The zero-order valence-corrected chi connectivity index (χ0v) is 18.1. The van der Waals surface area contributed by atoms with Crippen LogP contribution in [0.15, 0.2) is 41.7 Å². The molecule has 31 heavy (non-hydrogen) atoms. The Bertz CT molecular complexity index is 1010. The van der Waals surface area contributed by atoms with Crippen LogP contribution in [0.4, 0.5) is 0 Å². The first-order valence-corrected chi connectivity index (χ1v) is 10.1. The fraction of sp³-hybridized carbons (Fsp3) is 0.375. The Labute approximate surface area is 181 Å². The number of allylic oxidation sites excluding steroid dienone is 4. The first-order valence-electron chi connectivity index (χ1n) is 10.1. The topological polar surface area (TPSA) is 99.1 Å². The average molecular weight is 426 g/mol. The number of phenolic OH excluding ortho intramolecular Hbond substituents is 1. The lowest BCUT2D eigenvalue weighted by Crippen LogP contribution is -2.34. The Hall–Kier alpha value is -3.35. The van der Waals surface area contributed by atoms with Gasteiger partial charge in [0.2, 0.25) is 0 Å². The van der Waals surface area contributed by atoms with Gasteiger partial charge in [-0.15, -0.1) is 0 Å². The summed E-state index contributed by atoms with van der Waals surface area (Å²) in [7, 11) is 0. The number of carbonyl (C=O) groups is 3. The molecule has 1 heterocycles. The van der Waals surface area contributed by atoms with Gasteiger partial charge in [0.25, 0.3) is 0 Å². The van der Waals surface area contributed by atoms with Crippen LogP contribution in [-0.2, 0) is 20.7 Å². The molecule has 0 amide bonds. The summed E-state index contributed by atoms with van der Waals surface area (Å²) >= 11 is 0. The maximum atomic E-state index is 12.9. The van der Waals surface area contributed by atoms with Crippen molar-refractivity contribution in [1.29, 1.82) is 0 Å². The minimum atomic E-state index is -0.533. The van der Waals surface area contributed by atoms with Crippen LogP contribution in [0.5, 0.6) is 17.2 Å². The van der Waals surface area contributed by atoms with Gasteiger partial charge in [-0.2, -0.15) is 0 Å². The largest absolute Gasteiger partial charge is 0.507 e. The highest BCUT2D eigenvalue weighted by atomic mass is 16.5. The molecule has 1 aliphatic carbocycles. The smallest absolute Gasteiger partial charge is 0.308 e. The number of carbonyl (C=O) groups excluding carboxylic acids is 3. The zero-order valence-electron chi connectivity index (χ0n) is 18.1. The van der Waals surface area contributed by atoms with Gasteiger partial charge in [0, 0.05) is 37.8 Å². The summed E-state index contributed by atoms with van der Waals surface area (Å²) in [6.45, 7) is 6.48. The normalized spacial score (nSPS) is 19.6. The molecule has 1 aromatic carbocycles. The van der Waals surface area contributed by atoms with Crippen LogP contribution in [0.3, 0.4) is 0 Å². The van der Waals surface area contributed by atoms with E-state index in [-0.39, 0.29) is 40.9 Å². The van der Waals surface area contributed by atoms with Crippen LogP contribution in [0.2, 0.25) is 0 Å². The number of esters is 2. The first-order chi connectivity index (χ1) is 14.7. The summed E-state index contributed by atoms with van der Waals surface area (Å²) in [6, 6.07) is 1.30. The second-order valence-corrected chi connectivity index (χ2v) is 7.90. The molecule has 1 aliphatic heterocycles. The molecule has 164 valence electrons. The third-order valence-corrected chi connectivity index (χ3v) is 5.06. The maximum Gasteiger partial charge on any atom is 0.308 e. The van der Waals surface area contributed by atoms with Crippen molar-refractivity contribution in [2.45, 2.75) is 53.1 Å². The minimum Gasteiger partial charge on any atom is -0.507 e. The quantitative estimate of drug-likeness (QED) is 0.428. The number of phenols is 1. The third-order valence-electron chi connectivity index (χ3n) is 5.06. The van der Waals surface area contributed by atoms with Crippen molar-refractivity contribution in [2.24, 2.45) is 5.92 Å². The van der Waals surface area contributed by atoms with Gasteiger partial charge in [-0.1, -0.05) is 17.7 Å². The highest BCUT2D eigenvalue weighted by Gasteiger charge is 2.36. The molecule has 1 unspecified atom stereocenters. The summed E-state index contributed by atoms with van der Waals surface area (Å²) in [5.74, 6) is -0.673. The highest BCUT2D eigenvalue weighted by molar-refractivity contribution is 6.03. The van der Waals surface area contributed by atoms with E-state index in [1.54, 1.807) is 12.2 Å². The van der Waals surface area contributed by atoms with Gasteiger partial charge in [0.1, 0.15) is 34.7 Å². The van der Waals surface area contributed by atoms with E-state index in [0.29, 0.717) is 24.2 Å². The second-order valence-electron chi connectivity index (χ2n) is 7.90. The molecule has 0 radical (unpaired) electrons. The van der Waals surface area contributed by atoms with Crippen LogP contribution < -0.4 is 9.47 Å². The Morgan fingerprint density at radius 2 is 1.90 bits per heavy atom. The van der Waals surface area contributed by atoms with Crippen LogP contribution in [0.25, 0.3) is 0 Å². The van der Waals surface area contributed by atoms with Gasteiger partial charge >= 0.3 is 11.9 Å². The van der Waals surface area contributed by atoms with Crippen molar-refractivity contribution in [2.75, 3.05) is 0 Å². The van der Waals surface area contributed by atoms with Gasteiger partial charge in [-0.25, -0.2) is 0 Å². The van der Waals surface area contributed by atoms with Crippen LogP contribution in [-0.4, -0.2) is 28.9 Å². The van der Waals surface area contributed by atoms with Crippen molar-refractivity contribution in [1.82, 2.24) is 0 Å². The number of Topliss-reactive ketones (excluding diaryl/α,β-unsaturated/α-hetero) is 1. The molecule has 2 atom stereocenters. The number of fused-ring (bicyclic) bond motifs is 1. The fourth-order valence-corrected chi connectivity index (χ4v) is 3.66. The minimum absolute atomic E-state index is 0.0985. The van der Waals surface area contributed by atoms with Crippen LogP contribution >= 0.6 is 0 Å². The van der Waals surface area contributed by atoms with Gasteiger partial charge in [0.05, 0.1) is 0 Å². The molecule has 7 nitrogen and oxygen atoms in total. The molecule has 0 aromatic heterocycles. The molecule has 0 saturated carbocycles. The van der Waals surface area contributed by atoms with Crippen molar-refractivity contribution in [3.8, 4) is 17.2 Å². The number of ketones is 1. The number of hydrogen-bond donors (Lipinski definition) is 1. The second kappa shape index (κ2) is 9.20. The zero-order chi connectivity index (χ0) is 22.7. The summed E-state index contributed by atoms with van der Waals surface area (Å²) in [5, 5.41) is 10.5. The molecule has 0 saturated heterocycles. The van der Waals surface area contributed by atoms with E-state index in [2.05, 4.69) is 0 Å². The van der Waals surface area contributed by atoms with Gasteiger partial charge in [-0.3, -0.25) is 14.4 Å². The molecule has 7 heteroatoms. The standard InChI is InChI=1S/C24H26O7/c1-13(2)5-10-18-22(30-15(4)26)12-20(28)23-19(27)11-21(31-24(18)23)16-6-8-17(9-7-16)29-14(3)25/h5-6,8-9,12,16,21,28H,7,10-11H2,1-4H3/t16?,21-/m0/s1. The predicted octanol–water partition coefficient (Wildman–Crippen LogP) is 4.18. The molecule has 1 N–H and O–H groups in total. The van der Waals surface area contributed by atoms with Gasteiger partial charge in [0.15, 0.2) is 5.78 Å². The maximum absolute atomic E-state index is 12.9. The SMILES string of the molecule is CC(=O)OC1=CCC([C@@H]2CC(=O)c3c(O)cc(OC(C)=O)c(CC=C(C)C)c3O2)C=C1. The summed E-state index contributed by atoms with van der Waals surface area (Å²) in [6.07, 6.45) is 7.81. The van der Waals surface area contributed by atoms with E-state index in [0.717, 1.165) is 5.57 Å². The number of ether oxygens (including phenoxy) is 3. The van der Waals surface area contributed by atoms with Crippen molar-refractivity contribution in [3.05, 3.63) is 52.8 Å². The Balaban J connectivity index is 1.96. The summed E-state index contributed by atoms with van der Waals surface area (Å²) < 4.78 is 16.6. The predicted molar refractivity (Wildman–Crippen MR) is 113 cm³/mol. The Morgan fingerprint density at radius 1 is 1.19 bits per heavy atom. The molecule has 0 bridgehead atoms. The Morgan fingerprint density at radius 3 is 2.48 bits per heavy atom. The molecule has 0 fully saturated rings. The average Bonchev–Trinajstić information content (AvgIpc) is 2.66. The third kappa shape index (κ3) is 5.23. The van der Waals surface area contributed by atoms with E-state index in [9.17, 15) is 19.5 Å². The number of benzene rings is 1. The highest BCUT2D eigenvalue weighted by Crippen LogP contribution is 2.44. The van der Waals surface area contributed by atoms with Gasteiger partial charge in [-0.05, 0) is 38.8 Å². The van der Waals surface area contributed by atoms with E-state index >= 15 is 0 Å². The van der Waals surface area contributed by atoms with Crippen molar-refractivity contribution < 1.29 is 33.7 Å². The van der Waals surface area contributed by atoms with E-state index in [1.165, 1.54) is 19.9 Å². The first kappa shape index (κ1) is 22.3. The number of rotatable bonds is 5. The van der Waals surface area contributed by atoms with Crippen LogP contribution in [0, 0.1) is 5.92 Å². The number of hydrogen-bond acceptors (Lipinski definition) is 7. The lowest BCUT2D eigenvalue weighted by Gasteiger charge is -2.32. The molecular weight excluding hydrogens is 400 g/mol. The Kier molecular flexibility index (Phi) is 6.63. The lowest BCUT2D eigenvalue weighted by atomic mass is 9.86. The molecule has 3 rings (SSSR count). The number of aromatic hydroxyl groups is 1. The lowest BCUT2D eigenvalue weighted by molar-refractivity contribution is -0.136. The van der Waals surface area contributed by atoms with Crippen molar-refractivity contribution in [3.63, 3.8) is 0 Å². The van der Waals surface area contributed by atoms with Gasteiger partial charge < -0.3 is 19.3 Å². The van der Waals surface area contributed by atoms with E-state index < -0.39 is 18.0 Å². The molecule has 0 spiro atoms. The summed E-state index contributed by atoms with van der Waals surface area (Å²) in [4.78, 5) is 35.6. The fourth-order valence-electron chi connectivity index (χ4n) is 3.66. The van der Waals surface area contributed by atoms with Crippen LogP contribution in [0.1, 0.15) is 56.5 Å². The monoisotopic (exact) mass is 426 g/mol. The molecule has 1 aromatic rings. The molecular formula is C24H26O7.